The van der Waals surface area contributed by atoms with Crippen molar-refractivity contribution < 1.29 is 19.5 Å². The lowest BCUT2D eigenvalue weighted by Gasteiger charge is -2.52. The van der Waals surface area contributed by atoms with Gasteiger partial charge in [0, 0.05) is 69.1 Å². The van der Waals surface area contributed by atoms with Crippen LogP contribution in [0.15, 0.2) is 72.3 Å². The molecule has 3 heterocycles. The van der Waals surface area contributed by atoms with Crippen molar-refractivity contribution in [3.8, 4) is 0 Å². The van der Waals surface area contributed by atoms with Crippen LogP contribution in [0, 0.1) is 10.8 Å². The maximum atomic E-state index is 14.8. The molecule has 47 heavy (non-hydrogen) atoms. The number of hydrogen-bond donors (Lipinski definition) is 1. The van der Waals surface area contributed by atoms with Gasteiger partial charge >= 0.3 is 5.97 Å². The second-order valence-electron chi connectivity index (χ2n) is 15.1. The van der Waals surface area contributed by atoms with E-state index < -0.39 is 11.4 Å². The molecule has 8 heteroatoms. The van der Waals surface area contributed by atoms with Gasteiger partial charge in [-0.2, -0.15) is 0 Å². The molecule has 2 amide bonds. The van der Waals surface area contributed by atoms with Gasteiger partial charge in [-0.1, -0.05) is 81.0 Å². The van der Waals surface area contributed by atoms with Crippen molar-refractivity contribution in [1.82, 2.24) is 19.6 Å². The first-order chi connectivity index (χ1) is 22.3. The van der Waals surface area contributed by atoms with Gasteiger partial charge in [0.05, 0.1) is 11.0 Å². The number of fused-ring (bicyclic) bond motifs is 1. The van der Waals surface area contributed by atoms with Crippen LogP contribution in [0.1, 0.15) is 67.9 Å². The summed E-state index contributed by atoms with van der Waals surface area (Å²) in [5.74, 6) is -0.571. The molecule has 2 atom stereocenters. The van der Waals surface area contributed by atoms with E-state index in [1.54, 1.807) is 12.1 Å². The predicted molar refractivity (Wildman–Crippen MR) is 185 cm³/mol. The number of hydrogen-bond acceptors (Lipinski definition) is 5. The number of amides is 2. The fourth-order valence-electron chi connectivity index (χ4n) is 8.83. The lowest BCUT2D eigenvalue weighted by molar-refractivity contribution is -0.144. The van der Waals surface area contributed by atoms with Gasteiger partial charge in [0.2, 0.25) is 11.8 Å². The van der Waals surface area contributed by atoms with Gasteiger partial charge < -0.3 is 24.7 Å². The lowest BCUT2D eigenvalue weighted by Crippen LogP contribution is -2.58. The van der Waals surface area contributed by atoms with Gasteiger partial charge in [-0.15, -0.1) is 0 Å². The third kappa shape index (κ3) is 6.18. The van der Waals surface area contributed by atoms with Crippen LogP contribution in [0.3, 0.4) is 0 Å². The van der Waals surface area contributed by atoms with E-state index >= 15 is 0 Å². The summed E-state index contributed by atoms with van der Waals surface area (Å²) >= 11 is 0. The van der Waals surface area contributed by atoms with E-state index in [4.69, 9.17) is 0 Å². The van der Waals surface area contributed by atoms with Gasteiger partial charge in [0.25, 0.3) is 0 Å². The third-order valence-electron chi connectivity index (χ3n) is 11.6. The average Bonchev–Trinajstić information content (AvgIpc) is 3.06. The van der Waals surface area contributed by atoms with E-state index in [2.05, 4.69) is 73.9 Å². The quantitative estimate of drug-likeness (QED) is 0.440. The molecule has 3 aliphatic heterocycles. The Hall–Kier alpha value is -3.75. The Morgan fingerprint density at radius 3 is 2.19 bits per heavy atom. The number of piperidine rings is 1. The number of likely N-dealkylation sites (N-methyl/N-ethyl adjacent to an activating group) is 2. The highest BCUT2D eigenvalue weighted by atomic mass is 16.4. The fraction of sp³-hybridized carbons (Fsp3) is 0.513. The summed E-state index contributed by atoms with van der Waals surface area (Å²) in [6.07, 6.45) is 7.11. The van der Waals surface area contributed by atoms with Crippen LogP contribution in [0.5, 0.6) is 0 Å². The number of carbonyl (C=O) groups excluding carboxylic acids is 2. The maximum absolute atomic E-state index is 14.8. The smallest absolute Gasteiger partial charge is 0.335 e. The Balaban J connectivity index is 1.20. The molecule has 1 N–H and O–H groups in total. The number of likely N-dealkylation sites (tertiary alicyclic amines) is 1. The fourth-order valence-corrected chi connectivity index (χ4v) is 8.83. The van der Waals surface area contributed by atoms with Gasteiger partial charge in [-0.05, 0) is 62.2 Å². The lowest BCUT2D eigenvalue weighted by atomic mass is 9.58. The van der Waals surface area contributed by atoms with Crippen LogP contribution < -0.4 is 0 Å². The number of rotatable bonds is 6. The maximum Gasteiger partial charge on any atom is 0.335 e. The Morgan fingerprint density at radius 1 is 0.851 bits per heavy atom. The third-order valence-corrected chi connectivity index (χ3v) is 11.6. The van der Waals surface area contributed by atoms with Crippen molar-refractivity contribution in [2.24, 2.45) is 10.8 Å². The number of aromatic carboxylic acids is 1. The molecular weight excluding hydrogens is 588 g/mol. The first kappa shape index (κ1) is 33.2. The molecule has 2 fully saturated rings. The molecule has 6 rings (SSSR count). The minimum atomic E-state index is -0.924. The van der Waals surface area contributed by atoms with E-state index in [1.807, 2.05) is 35.2 Å². The van der Waals surface area contributed by atoms with Crippen LogP contribution >= 0.6 is 0 Å². The molecule has 8 nitrogen and oxygen atoms in total. The molecule has 2 aromatic carbocycles. The van der Waals surface area contributed by atoms with Crippen molar-refractivity contribution in [3.05, 3.63) is 89.0 Å². The minimum Gasteiger partial charge on any atom is -0.478 e. The molecular formula is C39H50N4O4. The molecule has 2 aromatic rings. The first-order valence-corrected chi connectivity index (χ1v) is 17.1. The van der Waals surface area contributed by atoms with Gasteiger partial charge in [-0.3, -0.25) is 9.59 Å². The van der Waals surface area contributed by atoms with Crippen molar-refractivity contribution in [2.75, 3.05) is 59.9 Å². The first-order valence-electron chi connectivity index (χ1n) is 17.1. The number of piperazine rings is 1. The summed E-state index contributed by atoms with van der Waals surface area (Å²) in [6, 6.07) is 17.6. The summed E-state index contributed by atoms with van der Waals surface area (Å²) in [5, 5.41) is 9.37. The van der Waals surface area contributed by atoms with Crippen molar-refractivity contribution >= 4 is 23.4 Å². The molecule has 4 aliphatic rings. The van der Waals surface area contributed by atoms with Crippen LogP contribution in [0.2, 0.25) is 0 Å². The van der Waals surface area contributed by atoms with Crippen LogP contribution in [0.25, 0.3) is 5.57 Å². The number of carbonyl (C=O) groups is 3. The van der Waals surface area contributed by atoms with E-state index in [-0.39, 0.29) is 34.2 Å². The Bertz CT molecular complexity index is 1570. The average molecular weight is 639 g/mol. The number of allylic oxidation sites excluding steroid dienone is 2. The Labute approximate surface area is 279 Å². The predicted octanol–water partition coefficient (Wildman–Crippen LogP) is 5.17. The summed E-state index contributed by atoms with van der Waals surface area (Å²) in [7, 11) is 4.23. The normalized spacial score (nSPS) is 26.2. The zero-order chi connectivity index (χ0) is 33.6. The van der Waals surface area contributed by atoms with Crippen LogP contribution in [-0.2, 0) is 15.0 Å². The number of benzene rings is 2. The minimum absolute atomic E-state index is 0.165. The van der Waals surface area contributed by atoms with E-state index in [9.17, 15) is 19.5 Å². The molecule has 0 spiro atoms. The largest absolute Gasteiger partial charge is 0.478 e. The zero-order valence-corrected chi connectivity index (χ0v) is 28.7. The molecule has 0 bridgehead atoms. The highest BCUT2D eigenvalue weighted by Gasteiger charge is 2.51. The molecule has 1 unspecified atom stereocenters. The van der Waals surface area contributed by atoms with Crippen molar-refractivity contribution in [1.29, 1.82) is 0 Å². The summed E-state index contributed by atoms with van der Waals surface area (Å²) in [5.41, 5.74) is 3.74. The van der Waals surface area contributed by atoms with E-state index in [0.717, 1.165) is 37.2 Å². The van der Waals surface area contributed by atoms with Gasteiger partial charge in [0.1, 0.15) is 0 Å². The number of carboxylic acids is 1. The SMILES string of the molecule is CN1CCN(C)C(CC(=O)N2CCC(C(=O)N3CC=C4C(C)(C)C(c5ccc(C(=O)O)cc5)=CC[C@]4(C)C3)(c3ccccc3)CC2)C1. The molecule has 0 saturated carbocycles. The highest BCUT2D eigenvalue weighted by Crippen LogP contribution is 2.55. The second kappa shape index (κ2) is 12.7. The van der Waals surface area contributed by atoms with Gasteiger partial charge in [0.15, 0.2) is 0 Å². The van der Waals surface area contributed by atoms with Crippen LogP contribution in [0.4, 0.5) is 0 Å². The molecule has 250 valence electrons. The van der Waals surface area contributed by atoms with E-state index in [0.29, 0.717) is 45.4 Å². The molecule has 1 aliphatic carbocycles. The topological polar surface area (TPSA) is 84.4 Å². The van der Waals surface area contributed by atoms with Crippen molar-refractivity contribution in [3.63, 3.8) is 0 Å². The monoisotopic (exact) mass is 638 g/mol. The summed E-state index contributed by atoms with van der Waals surface area (Å²) in [6.45, 7) is 12.0. The van der Waals surface area contributed by atoms with E-state index in [1.165, 1.54) is 11.1 Å². The Kier molecular flexibility index (Phi) is 8.96. The molecule has 0 radical (unpaired) electrons. The molecule has 2 saturated heterocycles. The molecule has 0 aromatic heterocycles. The van der Waals surface area contributed by atoms with Crippen LogP contribution in [-0.4, -0.2) is 108 Å². The van der Waals surface area contributed by atoms with Gasteiger partial charge in [-0.25, -0.2) is 4.79 Å². The number of nitrogens with zero attached hydrogens (tertiary/aromatic N) is 4. The summed E-state index contributed by atoms with van der Waals surface area (Å²) < 4.78 is 0. The number of carboxylic acid groups (broad SMARTS) is 1. The highest BCUT2D eigenvalue weighted by molar-refractivity contribution is 5.90. The second-order valence-corrected chi connectivity index (χ2v) is 15.1. The summed E-state index contributed by atoms with van der Waals surface area (Å²) in [4.78, 5) is 48.4. The Morgan fingerprint density at radius 2 is 1.53 bits per heavy atom. The standard InChI is InChI=1S/C39H50N4O4/c1-37(2)32(28-11-13-29(14-12-28)35(45)46)15-17-38(3)27-43(20-16-33(37)38)36(47)39(30-9-7-6-8-10-30)18-21-42(22-19-39)34(44)25-31-26-40(4)23-24-41(31)5/h6-16,31H,17-27H2,1-5H3,(H,45,46)/t31?,38-/m1/s1. The zero-order valence-electron chi connectivity index (χ0n) is 28.7. The van der Waals surface area contributed by atoms with Crippen molar-refractivity contribution in [2.45, 2.75) is 57.9 Å².